The number of carbonyl (C=O) groups excluding carboxylic acids is 2. The average Bonchev–Trinajstić information content (AvgIpc) is 2.54. The van der Waals surface area contributed by atoms with Crippen LogP contribution in [0.4, 0.5) is 14.5 Å². The van der Waals surface area contributed by atoms with E-state index in [1.165, 1.54) is 0 Å². The summed E-state index contributed by atoms with van der Waals surface area (Å²) in [6.07, 6.45) is -1.08. The molecule has 0 saturated heterocycles. The van der Waals surface area contributed by atoms with Gasteiger partial charge in [0.05, 0.1) is 29.8 Å². The number of nitrogens with zero attached hydrogens (tertiary/aromatic N) is 1. The highest BCUT2D eigenvalue weighted by atomic mass is 35.5. The average molecular weight is 276 g/mol. The molecule has 0 spiro atoms. The van der Waals surface area contributed by atoms with Gasteiger partial charge in [0.2, 0.25) is 0 Å². The number of β-amino-alcohol motifs (C(OH)–C–C–N with tert-alkyl or cyclic N) is 1. The number of aliphatic hydroxyl groups excluding tert-OH is 1. The summed E-state index contributed by atoms with van der Waals surface area (Å²) in [5, 5.41) is 9.36. The molecular weight excluding hydrogens is 268 g/mol. The maximum absolute atomic E-state index is 13.4. The summed E-state index contributed by atoms with van der Waals surface area (Å²) >= 11 is 5.38. The van der Waals surface area contributed by atoms with Crippen molar-refractivity contribution in [1.29, 1.82) is 0 Å². The van der Waals surface area contributed by atoms with Crippen LogP contribution < -0.4 is 4.90 Å². The molecule has 1 heterocycles. The fourth-order valence-electron chi connectivity index (χ4n) is 1.78. The second-order valence-electron chi connectivity index (χ2n) is 3.83. The molecule has 96 valence electrons. The Kier molecular flexibility index (Phi) is 3.32. The van der Waals surface area contributed by atoms with Gasteiger partial charge in [-0.15, -0.1) is 11.6 Å². The number of fused-ring (bicyclic) bond motifs is 1. The number of hydrogen-bond donors (Lipinski definition) is 1. The lowest BCUT2D eigenvalue weighted by Crippen LogP contribution is -2.37. The number of benzene rings is 1. The van der Waals surface area contributed by atoms with Crippen molar-refractivity contribution < 1.29 is 23.5 Å². The Labute approximate surface area is 106 Å². The smallest absolute Gasteiger partial charge is 0.299 e. The molecule has 1 N–H and O–H groups in total. The number of aliphatic hydroxyl groups is 1. The molecule has 0 bridgehead atoms. The van der Waals surface area contributed by atoms with E-state index in [0.717, 1.165) is 11.0 Å². The first-order valence-corrected chi connectivity index (χ1v) is 5.58. The molecule has 18 heavy (non-hydrogen) atoms. The predicted molar refractivity (Wildman–Crippen MR) is 59.8 cm³/mol. The fourth-order valence-corrected chi connectivity index (χ4v) is 1.87. The zero-order chi connectivity index (χ0) is 13.4. The third-order valence-corrected chi connectivity index (χ3v) is 2.92. The molecule has 1 aliphatic heterocycles. The van der Waals surface area contributed by atoms with Crippen molar-refractivity contribution in [3.8, 4) is 0 Å². The molecule has 1 aromatic rings. The number of carbonyl (C=O) groups is 2. The first kappa shape index (κ1) is 12.9. The van der Waals surface area contributed by atoms with E-state index in [4.69, 9.17) is 11.6 Å². The quantitative estimate of drug-likeness (QED) is 0.664. The van der Waals surface area contributed by atoms with Gasteiger partial charge in [0, 0.05) is 6.07 Å². The van der Waals surface area contributed by atoms with E-state index in [-0.39, 0.29) is 18.1 Å². The lowest BCUT2D eigenvalue weighted by Gasteiger charge is -2.19. The largest absolute Gasteiger partial charge is 0.390 e. The topological polar surface area (TPSA) is 57.6 Å². The maximum atomic E-state index is 13.4. The Morgan fingerprint density at radius 3 is 2.61 bits per heavy atom. The van der Waals surface area contributed by atoms with Crippen LogP contribution in [0.15, 0.2) is 12.1 Å². The summed E-state index contributed by atoms with van der Waals surface area (Å²) in [6, 6.07) is 1.41. The number of hydrogen-bond acceptors (Lipinski definition) is 3. The van der Waals surface area contributed by atoms with Crippen LogP contribution in [0, 0.1) is 11.6 Å². The van der Waals surface area contributed by atoms with E-state index in [1.54, 1.807) is 0 Å². The Morgan fingerprint density at radius 1 is 1.33 bits per heavy atom. The molecule has 1 aromatic carbocycles. The number of rotatable bonds is 3. The number of amides is 1. The molecule has 1 amide bonds. The van der Waals surface area contributed by atoms with Crippen molar-refractivity contribution in [2.45, 2.75) is 6.10 Å². The van der Waals surface area contributed by atoms with Gasteiger partial charge < -0.3 is 10.0 Å². The van der Waals surface area contributed by atoms with Crippen LogP contribution in [0.1, 0.15) is 10.4 Å². The van der Waals surface area contributed by atoms with Crippen molar-refractivity contribution in [2.24, 2.45) is 0 Å². The lowest BCUT2D eigenvalue weighted by atomic mass is 10.1. The molecule has 0 aliphatic carbocycles. The molecule has 2 rings (SSSR count). The Morgan fingerprint density at radius 2 is 2.00 bits per heavy atom. The zero-order valence-corrected chi connectivity index (χ0v) is 9.75. The van der Waals surface area contributed by atoms with E-state index in [0.29, 0.717) is 6.07 Å². The number of ketones is 1. The second kappa shape index (κ2) is 4.62. The summed E-state index contributed by atoms with van der Waals surface area (Å²) in [6.45, 7) is -0.288. The highest BCUT2D eigenvalue weighted by molar-refractivity contribution is 6.52. The van der Waals surface area contributed by atoms with Crippen LogP contribution in [0.25, 0.3) is 0 Å². The lowest BCUT2D eigenvalue weighted by molar-refractivity contribution is -0.114. The first-order chi connectivity index (χ1) is 8.45. The van der Waals surface area contributed by atoms with E-state index in [9.17, 15) is 23.5 Å². The van der Waals surface area contributed by atoms with Crippen molar-refractivity contribution in [1.82, 2.24) is 0 Å². The van der Waals surface area contributed by atoms with Crippen molar-refractivity contribution in [3.63, 3.8) is 0 Å². The first-order valence-electron chi connectivity index (χ1n) is 5.05. The standard InChI is InChI=1S/C11H8ClF2NO3/c12-3-6(16)4-15-8-2-5(13)1-7(14)9(8)10(17)11(15)18/h1-2,6,16H,3-4H2. The number of anilines is 1. The van der Waals surface area contributed by atoms with Gasteiger partial charge >= 0.3 is 0 Å². The Hall–Kier alpha value is -1.53. The van der Waals surface area contributed by atoms with Crippen LogP contribution >= 0.6 is 11.6 Å². The Balaban J connectivity index is 2.48. The van der Waals surface area contributed by atoms with Crippen LogP contribution in [-0.4, -0.2) is 35.3 Å². The zero-order valence-electron chi connectivity index (χ0n) is 8.99. The van der Waals surface area contributed by atoms with Gasteiger partial charge in [0.25, 0.3) is 11.7 Å². The monoisotopic (exact) mass is 275 g/mol. The van der Waals surface area contributed by atoms with E-state index < -0.39 is 35.0 Å². The molecule has 1 aliphatic rings. The molecule has 0 aromatic heterocycles. The van der Waals surface area contributed by atoms with Crippen LogP contribution in [0.5, 0.6) is 0 Å². The number of alkyl halides is 1. The number of Topliss-reactive ketones (excluding diaryl/α,β-unsaturated/α-hetero) is 1. The van der Waals surface area contributed by atoms with E-state index in [2.05, 4.69) is 0 Å². The minimum absolute atomic E-state index is 0.162. The van der Waals surface area contributed by atoms with E-state index in [1.807, 2.05) is 0 Å². The van der Waals surface area contributed by atoms with Crippen molar-refractivity contribution in [2.75, 3.05) is 17.3 Å². The van der Waals surface area contributed by atoms with Gasteiger partial charge in [-0.25, -0.2) is 8.78 Å². The summed E-state index contributed by atoms with van der Waals surface area (Å²) in [7, 11) is 0. The SMILES string of the molecule is O=C1C(=O)N(CC(O)CCl)c2cc(F)cc(F)c21. The number of halogens is 3. The van der Waals surface area contributed by atoms with Crippen LogP contribution in [-0.2, 0) is 4.79 Å². The van der Waals surface area contributed by atoms with Gasteiger partial charge in [-0.1, -0.05) is 0 Å². The van der Waals surface area contributed by atoms with Gasteiger partial charge in [0.15, 0.2) is 0 Å². The molecule has 4 nitrogen and oxygen atoms in total. The third kappa shape index (κ3) is 1.97. The highest BCUT2D eigenvalue weighted by Gasteiger charge is 2.39. The molecule has 7 heteroatoms. The van der Waals surface area contributed by atoms with Crippen LogP contribution in [0.3, 0.4) is 0 Å². The maximum Gasteiger partial charge on any atom is 0.299 e. The summed E-state index contributed by atoms with van der Waals surface area (Å²) in [5.41, 5.74) is -0.644. The molecule has 1 unspecified atom stereocenters. The van der Waals surface area contributed by atoms with E-state index >= 15 is 0 Å². The molecular formula is C11H8ClF2NO3. The normalized spacial score (nSPS) is 16.1. The van der Waals surface area contributed by atoms with Gasteiger partial charge in [-0.05, 0) is 6.07 Å². The summed E-state index contributed by atoms with van der Waals surface area (Å²) in [5.74, 6) is -4.21. The van der Waals surface area contributed by atoms with Gasteiger partial charge in [-0.3, -0.25) is 9.59 Å². The van der Waals surface area contributed by atoms with Gasteiger partial charge in [-0.2, -0.15) is 0 Å². The molecule has 0 radical (unpaired) electrons. The predicted octanol–water partition coefficient (Wildman–Crippen LogP) is 1.09. The molecule has 1 atom stereocenters. The minimum Gasteiger partial charge on any atom is -0.390 e. The highest BCUT2D eigenvalue weighted by Crippen LogP contribution is 2.32. The third-order valence-electron chi connectivity index (χ3n) is 2.56. The minimum atomic E-state index is -1.09. The summed E-state index contributed by atoms with van der Waals surface area (Å²) < 4.78 is 26.5. The van der Waals surface area contributed by atoms with Crippen molar-refractivity contribution >= 4 is 29.0 Å². The van der Waals surface area contributed by atoms with Gasteiger partial charge in [0.1, 0.15) is 11.6 Å². The Bertz CT molecular complexity index is 535. The summed E-state index contributed by atoms with van der Waals surface area (Å²) in [4.78, 5) is 24.0. The fraction of sp³-hybridized carbons (Fsp3) is 0.273. The van der Waals surface area contributed by atoms with Crippen molar-refractivity contribution in [3.05, 3.63) is 29.3 Å². The molecule has 0 fully saturated rings. The second-order valence-corrected chi connectivity index (χ2v) is 4.14. The molecule has 0 saturated carbocycles. The van der Waals surface area contributed by atoms with Crippen LogP contribution in [0.2, 0.25) is 0 Å².